The molecule has 0 spiro atoms. The Labute approximate surface area is 248 Å². The number of hydrogen-bond donors (Lipinski definition) is 2. The fourth-order valence-electron chi connectivity index (χ4n) is 5.09. The number of alkyl halides is 1. The zero-order chi connectivity index (χ0) is 30.3. The summed E-state index contributed by atoms with van der Waals surface area (Å²) in [6.07, 6.45) is 0.889. The molecule has 2 N–H and O–H groups in total. The molecule has 0 radical (unpaired) electrons. The van der Waals surface area contributed by atoms with Gasteiger partial charge >= 0.3 is 0 Å². The average Bonchev–Trinajstić information content (AvgIpc) is 3.27. The summed E-state index contributed by atoms with van der Waals surface area (Å²) in [5.41, 5.74) is 5.81. The van der Waals surface area contributed by atoms with Crippen molar-refractivity contribution in [1.82, 2.24) is 14.9 Å². The lowest BCUT2D eigenvalue weighted by Crippen LogP contribution is -2.47. The molecule has 2 aliphatic heterocycles. The predicted molar refractivity (Wildman–Crippen MR) is 166 cm³/mol. The summed E-state index contributed by atoms with van der Waals surface area (Å²) in [6.45, 7) is 16.0. The van der Waals surface area contributed by atoms with Crippen LogP contribution in [0.15, 0.2) is 42.6 Å². The smallest absolute Gasteiger partial charge is 0.227 e. The molecule has 1 saturated heterocycles. The van der Waals surface area contributed by atoms with E-state index in [1.807, 2.05) is 23.1 Å². The third-order valence-corrected chi connectivity index (χ3v) is 13.3. The molecule has 0 amide bonds. The molecule has 2 aromatic carbocycles. The number of hydrogen-bond acceptors (Lipinski definition) is 8. The van der Waals surface area contributed by atoms with Gasteiger partial charge in [0.05, 0.1) is 28.6 Å². The second-order valence-corrected chi connectivity index (χ2v) is 18.0. The highest BCUT2D eigenvalue weighted by atomic mass is 28.4. The van der Waals surface area contributed by atoms with Gasteiger partial charge in [-0.05, 0) is 59.6 Å². The second-order valence-electron chi connectivity index (χ2n) is 13.2. The Morgan fingerprint density at radius 1 is 1.17 bits per heavy atom. The number of halogens is 1. The van der Waals surface area contributed by atoms with E-state index in [0.717, 1.165) is 22.4 Å². The van der Waals surface area contributed by atoms with Gasteiger partial charge < -0.3 is 15.1 Å². The van der Waals surface area contributed by atoms with Gasteiger partial charge in [0, 0.05) is 55.6 Å². The van der Waals surface area contributed by atoms with E-state index in [2.05, 4.69) is 74.6 Å². The second kappa shape index (κ2) is 11.1. The normalized spacial score (nSPS) is 18.9. The highest BCUT2D eigenvalue weighted by Gasteiger charge is 2.42. The van der Waals surface area contributed by atoms with E-state index >= 15 is 0 Å². The topological polar surface area (TPSA) is 110 Å². The van der Waals surface area contributed by atoms with E-state index in [1.54, 1.807) is 18.3 Å². The molecular weight excluding hydrogens is 545 g/mol. The van der Waals surface area contributed by atoms with Crippen LogP contribution in [0.2, 0.25) is 18.1 Å². The first-order valence-electron chi connectivity index (χ1n) is 14.3. The van der Waals surface area contributed by atoms with Crippen LogP contribution in [0.4, 0.5) is 21.7 Å². The Morgan fingerprint density at radius 2 is 1.93 bits per heavy atom. The Morgan fingerprint density at radius 3 is 2.60 bits per heavy atom. The van der Waals surface area contributed by atoms with Gasteiger partial charge in [0.2, 0.25) is 5.95 Å². The fourth-order valence-corrected chi connectivity index (χ4v) is 6.20. The Hall–Kier alpha value is -3.83. The zero-order valence-corrected chi connectivity index (χ0v) is 26.2. The van der Waals surface area contributed by atoms with Gasteiger partial charge in [0.15, 0.2) is 8.32 Å². The van der Waals surface area contributed by atoms with Gasteiger partial charge in [-0.1, -0.05) is 33.8 Å². The molecular formula is C32H38FN7OSi. The SMILES string of the molecule is CC(C)(C)[Si](C)(C)OC[C@@]1(C)CNc2c(C#N)cc(-c3ccnc(Nc4cc(C#N)ccc4CN4CC(F)C4)n3)cc21. The molecule has 1 atom stereocenters. The van der Waals surface area contributed by atoms with E-state index in [-0.39, 0.29) is 10.5 Å². The number of likely N-dealkylation sites (tertiary alicyclic amines) is 1. The molecule has 0 aliphatic carbocycles. The van der Waals surface area contributed by atoms with E-state index in [1.165, 1.54) is 0 Å². The van der Waals surface area contributed by atoms with Crippen molar-refractivity contribution in [1.29, 1.82) is 10.5 Å². The molecule has 5 rings (SSSR count). The lowest BCUT2D eigenvalue weighted by atomic mass is 9.83. The molecule has 218 valence electrons. The standard InChI is InChI=1S/C32H38FN7OSi/c1-31(2,3)42(5,6)41-20-32(4)19-37-29-24(15-35)12-23(13-26(29)32)27-9-10-36-30(38-27)39-28-11-21(14-34)7-8-22(28)16-40-17-25(33)18-40/h7-13,25,37H,16-20H2,1-6H3,(H,36,38,39)/t32-/m1/s1. The van der Waals surface area contributed by atoms with E-state index in [4.69, 9.17) is 9.41 Å². The number of nitriles is 2. The van der Waals surface area contributed by atoms with Crippen LogP contribution in [-0.4, -0.2) is 55.6 Å². The number of fused-ring (bicyclic) bond motifs is 1. The van der Waals surface area contributed by atoms with Crippen molar-refractivity contribution in [2.75, 3.05) is 36.9 Å². The van der Waals surface area contributed by atoms with Crippen LogP contribution >= 0.6 is 0 Å². The molecule has 42 heavy (non-hydrogen) atoms. The van der Waals surface area contributed by atoms with Crippen LogP contribution < -0.4 is 10.6 Å². The Balaban J connectivity index is 1.45. The number of rotatable bonds is 8. The Bertz CT molecular complexity index is 1580. The molecule has 3 heterocycles. The predicted octanol–water partition coefficient (Wildman–Crippen LogP) is 6.49. The molecule has 0 saturated carbocycles. The minimum absolute atomic E-state index is 0.0970. The molecule has 1 aromatic heterocycles. The summed E-state index contributed by atoms with van der Waals surface area (Å²) in [5.74, 6) is 0.372. The van der Waals surface area contributed by atoms with Crippen molar-refractivity contribution < 1.29 is 8.82 Å². The van der Waals surface area contributed by atoms with E-state index in [9.17, 15) is 14.9 Å². The summed E-state index contributed by atoms with van der Waals surface area (Å²) in [7, 11) is -1.97. The molecule has 10 heteroatoms. The summed E-state index contributed by atoms with van der Waals surface area (Å²) in [5, 5.41) is 26.4. The number of nitrogens with zero attached hydrogens (tertiary/aromatic N) is 5. The maximum atomic E-state index is 13.4. The van der Waals surface area contributed by atoms with Gasteiger partial charge in [0.25, 0.3) is 0 Å². The molecule has 2 aliphatic rings. The molecule has 0 unspecified atom stereocenters. The third-order valence-electron chi connectivity index (χ3n) is 8.87. The minimum Gasteiger partial charge on any atom is -0.416 e. The summed E-state index contributed by atoms with van der Waals surface area (Å²) >= 11 is 0. The van der Waals surface area contributed by atoms with E-state index < -0.39 is 14.5 Å². The summed E-state index contributed by atoms with van der Waals surface area (Å²) < 4.78 is 20.1. The summed E-state index contributed by atoms with van der Waals surface area (Å²) in [6, 6.07) is 15.7. The van der Waals surface area contributed by atoms with Crippen molar-refractivity contribution in [2.24, 2.45) is 0 Å². The highest BCUT2D eigenvalue weighted by molar-refractivity contribution is 6.74. The molecule has 3 aromatic rings. The zero-order valence-electron chi connectivity index (χ0n) is 25.2. The summed E-state index contributed by atoms with van der Waals surface area (Å²) in [4.78, 5) is 11.2. The quantitative estimate of drug-likeness (QED) is 0.290. The number of anilines is 3. The van der Waals surface area contributed by atoms with Crippen molar-refractivity contribution in [3.8, 4) is 23.4 Å². The molecule has 1 fully saturated rings. The van der Waals surface area contributed by atoms with Crippen LogP contribution in [0.25, 0.3) is 11.3 Å². The minimum atomic E-state index is -1.97. The number of benzene rings is 2. The van der Waals surface area contributed by atoms with Crippen molar-refractivity contribution in [3.63, 3.8) is 0 Å². The van der Waals surface area contributed by atoms with Crippen LogP contribution in [0.1, 0.15) is 49.9 Å². The monoisotopic (exact) mass is 583 g/mol. The van der Waals surface area contributed by atoms with E-state index in [0.29, 0.717) is 61.2 Å². The number of nitrogens with one attached hydrogen (secondary N) is 2. The largest absolute Gasteiger partial charge is 0.416 e. The third kappa shape index (κ3) is 5.89. The Kier molecular flexibility index (Phi) is 7.84. The fraction of sp³-hybridized carbons (Fsp3) is 0.438. The van der Waals surface area contributed by atoms with Gasteiger partial charge in [0.1, 0.15) is 12.2 Å². The maximum absolute atomic E-state index is 13.4. The average molecular weight is 584 g/mol. The van der Waals surface area contributed by atoms with Crippen LogP contribution in [0.5, 0.6) is 0 Å². The van der Waals surface area contributed by atoms with Crippen LogP contribution in [-0.2, 0) is 16.4 Å². The first kappa shape index (κ1) is 29.7. The van der Waals surface area contributed by atoms with Crippen molar-refractivity contribution in [3.05, 3.63) is 64.8 Å². The van der Waals surface area contributed by atoms with Gasteiger partial charge in [-0.3, -0.25) is 4.90 Å². The first-order chi connectivity index (χ1) is 19.8. The van der Waals surface area contributed by atoms with Gasteiger partial charge in [-0.25, -0.2) is 14.4 Å². The molecule has 8 nitrogen and oxygen atoms in total. The maximum Gasteiger partial charge on any atom is 0.227 e. The van der Waals surface area contributed by atoms with Gasteiger partial charge in [-0.15, -0.1) is 0 Å². The van der Waals surface area contributed by atoms with Crippen molar-refractivity contribution in [2.45, 2.75) is 64.0 Å². The lowest BCUT2D eigenvalue weighted by Gasteiger charge is -2.39. The van der Waals surface area contributed by atoms with Crippen LogP contribution in [0, 0.1) is 22.7 Å². The van der Waals surface area contributed by atoms with Crippen LogP contribution in [0.3, 0.4) is 0 Å². The highest BCUT2D eigenvalue weighted by Crippen LogP contribution is 2.44. The molecule has 0 bridgehead atoms. The van der Waals surface area contributed by atoms with Gasteiger partial charge in [-0.2, -0.15) is 10.5 Å². The van der Waals surface area contributed by atoms with Crippen molar-refractivity contribution >= 4 is 25.6 Å². The first-order valence-corrected chi connectivity index (χ1v) is 17.2. The number of aromatic nitrogens is 2. The lowest BCUT2D eigenvalue weighted by molar-refractivity contribution is 0.0593.